The number of aromatic hydroxyl groups is 1. The molecule has 0 aliphatic carbocycles. The highest BCUT2D eigenvalue weighted by Gasteiger charge is 2.16. The van der Waals surface area contributed by atoms with Crippen LogP contribution in [0.1, 0.15) is 11.7 Å². The molecular formula is C9H13NO3. The maximum absolute atomic E-state index is 9.47. The Labute approximate surface area is 76.2 Å². The van der Waals surface area contributed by atoms with Crippen molar-refractivity contribution < 1.29 is 15.3 Å². The van der Waals surface area contributed by atoms with E-state index in [2.05, 4.69) is 0 Å². The molecule has 1 aromatic rings. The van der Waals surface area contributed by atoms with Crippen LogP contribution in [0.4, 0.5) is 0 Å². The quantitative estimate of drug-likeness (QED) is 0.520. The first kappa shape index (κ1) is 9.98. The van der Waals surface area contributed by atoms with Gasteiger partial charge >= 0.3 is 0 Å². The number of aliphatic hydroxyl groups is 2. The van der Waals surface area contributed by atoms with E-state index in [0.717, 1.165) is 0 Å². The molecule has 0 radical (unpaired) electrons. The van der Waals surface area contributed by atoms with Gasteiger partial charge in [0, 0.05) is 6.54 Å². The monoisotopic (exact) mass is 183 g/mol. The van der Waals surface area contributed by atoms with Gasteiger partial charge in [-0.25, -0.2) is 0 Å². The molecule has 0 bridgehead atoms. The molecule has 2 unspecified atom stereocenters. The predicted molar refractivity (Wildman–Crippen MR) is 48.1 cm³/mol. The predicted octanol–water partition coefficient (Wildman–Crippen LogP) is -0.255. The summed E-state index contributed by atoms with van der Waals surface area (Å²) >= 11 is 0. The Kier molecular flexibility index (Phi) is 3.25. The molecular weight excluding hydrogens is 170 g/mol. The highest BCUT2D eigenvalue weighted by molar-refractivity contribution is 5.29. The average Bonchev–Trinajstić information content (AvgIpc) is 2.15. The number of benzene rings is 1. The van der Waals surface area contributed by atoms with Crippen molar-refractivity contribution in [2.45, 2.75) is 12.2 Å². The Hall–Kier alpha value is -1.10. The zero-order valence-corrected chi connectivity index (χ0v) is 7.09. The van der Waals surface area contributed by atoms with E-state index in [-0.39, 0.29) is 12.3 Å². The number of hydrogen-bond donors (Lipinski definition) is 4. The molecule has 0 saturated carbocycles. The number of rotatable bonds is 3. The lowest BCUT2D eigenvalue weighted by molar-refractivity contribution is 0.0242. The first-order chi connectivity index (χ1) is 6.15. The summed E-state index contributed by atoms with van der Waals surface area (Å²) in [4.78, 5) is 0. The fourth-order valence-corrected chi connectivity index (χ4v) is 1.06. The highest BCUT2D eigenvalue weighted by Crippen LogP contribution is 2.20. The Morgan fingerprint density at radius 1 is 1.31 bits per heavy atom. The summed E-state index contributed by atoms with van der Waals surface area (Å²) in [5.74, 6) is 0.0563. The van der Waals surface area contributed by atoms with E-state index in [1.54, 1.807) is 12.1 Å². The van der Waals surface area contributed by atoms with Gasteiger partial charge in [-0.15, -0.1) is 0 Å². The second kappa shape index (κ2) is 4.23. The van der Waals surface area contributed by atoms with Crippen molar-refractivity contribution in [3.63, 3.8) is 0 Å². The van der Waals surface area contributed by atoms with Gasteiger partial charge in [0.2, 0.25) is 0 Å². The van der Waals surface area contributed by atoms with Crippen LogP contribution < -0.4 is 5.73 Å². The van der Waals surface area contributed by atoms with Gasteiger partial charge in [-0.3, -0.25) is 0 Å². The van der Waals surface area contributed by atoms with Gasteiger partial charge < -0.3 is 21.1 Å². The van der Waals surface area contributed by atoms with Crippen LogP contribution in [0.5, 0.6) is 5.75 Å². The molecule has 0 aliphatic heterocycles. The van der Waals surface area contributed by atoms with Gasteiger partial charge in [-0.2, -0.15) is 0 Å². The van der Waals surface area contributed by atoms with Crippen LogP contribution in [0, 0.1) is 0 Å². The van der Waals surface area contributed by atoms with Crippen molar-refractivity contribution in [3.8, 4) is 5.75 Å². The molecule has 0 spiro atoms. The van der Waals surface area contributed by atoms with E-state index in [1.165, 1.54) is 12.1 Å². The molecule has 1 aromatic carbocycles. The smallest absolute Gasteiger partial charge is 0.115 e. The largest absolute Gasteiger partial charge is 0.508 e. The van der Waals surface area contributed by atoms with E-state index in [1.807, 2.05) is 0 Å². The lowest BCUT2D eigenvalue weighted by Crippen LogP contribution is -2.27. The summed E-state index contributed by atoms with van der Waals surface area (Å²) in [6, 6.07) is 6.09. The molecule has 0 aliphatic rings. The van der Waals surface area contributed by atoms with Gasteiger partial charge in [-0.1, -0.05) is 12.1 Å². The number of aliphatic hydroxyl groups excluding tert-OH is 2. The zero-order chi connectivity index (χ0) is 9.84. The molecule has 0 saturated heterocycles. The molecule has 0 fully saturated rings. The van der Waals surface area contributed by atoms with Crippen LogP contribution in [-0.4, -0.2) is 28.0 Å². The van der Waals surface area contributed by atoms with E-state index in [4.69, 9.17) is 10.8 Å². The minimum atomic E-state index is -1.04. The number of hydrogen-bond acceptors (Lipinski definition) is 4. The van der Waals surface area contributed by atoms with Crippen molar-refractivity contribution in [1.82, 2.24) is 0 Å². The summed E-state index contributed by atoms with van der Waals surface area (Å²) in [6.45, 7) is -0.0170. The minimum absolute atomic E-state index is 0.0170. The van der Waals surface area contributed by atoms with Crippen molar-refractivity contribution in [2.24, 2.45) is 5.73 Å². The topological polar surface area (TPSA) is 86.7 Å². The van der Waals surface area contributed by atoms with Gasteiger partial charge in [0.25, 0.3) is 0 Å². The molecule has 0 amide bonds. The lowest BCUT2D eigenvalue weighted by atomic mass is 10.0. The van der Waals surface area contributed by atoms with Gasteiger partial charge in [0.05, 0.1) is 6.10 Å². The van der Waals surface area contributed by atoms with Gasteiger partial charge in [0.1, 0.15) is 11.9 Å². The van der Waals surface area contributed by atoms with Crippen LogP contribution in [0.3, 0.4) is 0 Å². The average molecular weight is 183 g/mol. The second-order valence-electron chi connectivity index (χ2n) is 2.84. The summed E-state index contributed by atoms with van der Waals surface area (Å²) in [5.41, 5.74) is 5.63. The maximum Gasteiger partial charge on any atom is 0.115 e. The number of nitrogens with two attached hydrogens (primary N) is 1. The molecule has 72 valence electrons. The van der Waals surface area contributed by atoms with Crippen LogP contribution >= 0.6 is 0 Å². The SMILES string of the molecule is NCC(O)C(O)c1cccc(O)c1. The summed E-state index contributed by atoms with van der Waals surface area (Å²) in [6.07, 6.45) is -2.04. The maximum atomic E-state index is 9.47. The third-order valence-corrected chi connectivity index (χ3v) is 1.82. The van der Waals surface area contributed by atoms with Crippen LogP contribution in [0.15, 0.2) is 24.3 Å². The first-order valence-electron chi connectivity index (χ1n) is 4.00. The van der Waals surface area contributed by atoms with Crippen LogP contribution in [-0.2, 0) is 0 Å². The van der Waals surface area contributed by atoms with Crippen molar-refractivity contribution >= 4 is 0 Å². The Morgan fingerprint density at radius 2 is 2.00 bits per heavy atom. The van der Waals surface area contributed by atoms with Gasteiger partial charge in [-0.05, 0) is 17.7 Å². The molecule has 13 heavy (non-hydrogen) atoms. The van der Waals surface area contributed by atoms with Crippen LogP contribution in [0.2, 0.25) is 0 Å². The number of phenols is 1. The minimum Gasteiger partial charge on any atom is -0.508 e. The number of phenolic OH excluding ortho intramolecular Hbond substituents is 1. The molecule has 5 N–H and O–H groups in total. The molecule has 4 heteroatoms. The van der Waals surface area contributed by atoms with Crippen LogP contribution in [0.25, 0.3) is 0 Å². The molecule has 4 nitrogen and oxygen atoms in total. The Morgan fingerprint density at radius 3 is 2.54 bits per heavy atom. The molecule has 1 rings (SSSR count). The van der Waals surface area contributed by atoms with Crippen molar-refractivity contribution in [3.05, 3.63) is 29.8 Å². The van der Waals surface area contributed by atoms with E-state index in [9.17, 15) is 10.2 Å². The fraction of sp³-hybridized carbons (Fsp3) is 0.333. The van der Waals surface area contributed by atoms with E-state index >= 15 is 0 Å². The highest BCUT2D eigenvalue weighted by atomic mass is 16.3. The Bertz CT molecular complexity index is 277. The lowest BCUT2D eigenvalue weighted by Gasteiger charge is -2.16. The standard InChI is InChI=1S/C9H13NO3/c10-5-8(12)9(13)6-2-1-3-7(11)4-6/h1-4,8-9,11-13H,5,10H2. The van der Waals surface area contributed by atoms with Gasteiger partial charge in [0.15, 0.2) is 0 Å². The fourth-order valence-electron chi connectivity index (χ4n) is 1.06. The van der Waals surface area contributed by atoms with E-state index in [0.29, 0.717) is 5.56 Å². The molecule has 2 atom stereocenters. The molecule has 0 heterocycles. The summed E-state index contributed by atoms with van der Waals surface area (Å²) in [5, 5.41) is 27.8. The van der Waals surface area contributed by atoms with E-state index < -0.39 is 12.2 Å². The third kappa shape index (κ3) is 2.42. The zero-order valence-electron chi connectivity index (χ0n) is 7.09. The normalized spacial score (nSPS) is 15.3. The third-order valence-electron chi connectivity index (χ3n) is 1.82. The second-order valence-corrected chi connectivity index (χ2v) is 2.84. The first-order valence-corrected chi connectivity index (χ1v) is 4.00. The van der Waals surface area contributed by atoms with Crippen molar-refractivity contribution in [2.75, 3.05) is 6.54 Å². The van der Waals surface area contributed by atoms with Crippen molar-refractivity contribution in [1.29, 1.82) is 0 Å². The Balaban J connectivity index is 2.82. The summed E-state index contributed by atoms with van der Waals surface area (Å²) in [7, 11) is 0. The molecule has 0 aromatic heterocycles. The summed E-state index contributed by atoms with van der Waals surface area (Å²) < 4.78 is 0.